The topological polar surface area (TPSA) is 114 Å². The molecule has 1 fully saturated rings. The summed E-state index contributed by atoms with van der Waals surface area (Å²) in [4.78, 5) is 37.0. The molecular formula is C27H32N2O6. The summed E-state index contributed by atoms with van der Waals surface area (Å²) in [7, 11) is 0. The predicted molar refractivity (Wildman–Crippen MR) is 130 cm³/mol. The molecule has 1 aliphatic carbocycles. The summed E-state index contributed by atoms with van der Waals surface area (Å²) in [5.74, 6) is -1.36. The van der Waals surface area contributed by atoms with Crippen LogP contribution in [-0.2, 0) is 19.1 Å². The fourth-order valence-electron chi connectivity index (χ4n) is 5.02. The Balaban J connectivity index is 1.39. The van der Waals surface area contributed by atoms with Crippen molar-refractivity contribution < 1.29 is 29.0 Å². The summed E-state index contributed by atoms with van der Waals surface area (Å²) >= 11 is 0. The second kappa shape index (κ2) is 10.5. The zero-order valence-corrected chi connectivity index (χ0v) is 20.1. The predicted octanol–water partition coefficient (Wildman–Crippen LogP) is 3.69. The van der Waals surface area contributed by atoms with E-state index in [1.54, 1.807) is 6.92 Å². The molecule has 8 heteroatoms. The number of carboxylic acid groups (broad SMARTS) is 1. The lowest BCUT2D eigenvalue weighted by Crippen LogP contribution is -2.55. The van der Waals surface area contributed by atoms with E-state index in [4.69, 9.17) is 14.6 Å². The molecule has 0 aromatic heterocycles. The van der Waals surface area contributed by atoms with E-state index in [1.165, 1.54) is 0 Å². The molecule has 1 aliphatic heterocycles. The minimum Gasteiger partial charge on any atom is -0.481 e. The molecule has 4 rings (SSSR count). The molecule has 2 aromatic carbocycles. The number of hydrogen-bond donors (Lipinski definition) is 3. The van der Waals surface area contributed by atoms with Crippen LogP contribution >= 0.6 is 0 Å². The highest BCUT2D eigenvalue weighted by molar-refractivity contribution is 5.85. The van der Waals surface area contributed by atoms with Gasteiger partial charge in [0.2, 0.25) is 5.91 Å². The van der Waals surface area contributed by atoms with Gasteiger partial charge in [0, 0.05) is 12.0 Å². The lowest BCUT2D eigenvalue weighted by molar-refractivity contribution is -0.138. The maximum absolute atomic E-state index is 13.1. The van der Waals surface area contributed by atoms with Gasteiger partial charge < -0.3 is 25.2 Å². The molecule has 2 aromatic rings. The molecular weight excluding hydrogens is 448 g/mol. The molecule has 35 heavy (non-hydrogen) atoms. The summed E-state index contributed by atoms with van der Waals surface area (Å²) in [6, 6.07) is 15.1. The fourth-order valence-corrected chi connectivity index (χ4v) is 5.02. The molecule has 8 nitrogen and oxygen atoms in total. The Morgan fingerprint density at radius 3 is 2.34 bits per heavy atom. The van der Waals surface area contributed by atoms with Gasteiger partial charge in [-0.1, -0.05) is 61.9 Å². The first kappa shape index (κ1) is 24.7. The number of carbonyl (C=O) groups excluding carboxylic acids is 2. The maximum atomic E-state index is 13.1. The minimum atomic E-state index is -1.03. The van der Waals surface area contributed by atoms with Crippen molar-refractivity contribution >= 4 is 18.0 Å². The molecule has 1 heterocycles. The molecule has 2 amide bonds. The number of aliphatic carboxylic acids is 1. The average molecular weight is 481 g/mol. The van der Waals surface area contributed by atoms with Crippen LogP contribution < -0.4 is 10.6 Å². The van der Waals surface area contributed by atoms with Crippen LogP contribution in [0, 0.1) is 5.41 Å². The second-order valence-electron chi connectivity index (χ2n) is 9.51. The number of rotatable bonds is 9. The SMILES string of the molecule is CCC[C@H](CC(=O)O)NC(=O)C1(C)COCC1NC(=O)OCC1c2ccccc2-c2ccccc21. The summed E-state index contributed by atoms with van der Waals surface area (Å²) in [6.45, 7) is 4.12. The molecule has 3 N–H and O–H groups in total. The van der Waals surface area contributed by atoms with E-state index in [0.717, 1.165) is 28.7 Å². The molecule has 0 saturated carbocycles. The van der Waals surface area contributed by atoms with E-state index in [1.807, 2.05) is 31.2 Å². The van der Waals surface area contributed by atoms with E-state index in [0.29, 0.717) is 6.42 Å². The van der Waals surface area contributed by atoms with Gasteiger partial charge in [-0.05, 0) is 35.6 Å². The second-order valence-corrected chi connectivity index (χ2v) is 9.51. The highest BCUT2D eigenvalue weighted by atomic mass is 16.5. The molecule has 0 bridgehead atoms. The molecule has 3 atom stereocenters. The number of carbonyl (C=O) groups is 3. The highest BCUT2D eigenvalue weighted by Gasteiger charge is 2.48. The van der Waals surface area contributed by atoms with Gasteiger partial charge in [0.15, 0.2) is 0 Å². The fraction of sp³-hybridized carbons (Fsp3) is 0.444. The van der Waals surface area contributed by atoms with E-state index >= 15 is 0 Å². The maximum Gasteiger partial charge on any atom is 0.407 e. The summed E-state index contributed by atoms with van der Waals surface area (Å²) in [5.41, 5.74) is 3.50. The Bertz CT molecular complexity index is 1060. The molecule has 2 aliphatic rings. The van der Waals surface area contributed by atoms with Crippen molar-refractivity contribution in [3.63, 3.8) is 0 Å². The Morgan fingerprint density at radius 2 is 1.74 bits per heavy atom. The van der Waals surface area contributed by atoms with Gasteiger partial charge in [-0.25, -0.2) is 4.79 Å². The van der Waals surface area contributed by atoms with Gasteiger partial charge in [0.05, 0.1) is 31.1 Å². The number of benzene rings is 2. The quantitative estimate of drug-likeness (QED) is 0.504. The van der Waals surface area contributed by atoms with Gasteiger partial charge in [-0.3, -0.25) is 9.59 Å². The number of ether oxygens (including phenoxy) is 2. The van der Waals surface area contributed by atoms with Crippen LogP contribution in [0.3, 0.4) is 0 Å². The van der Waals surface area contributed by atoms with Crippen LogP contribution in [-0.4, -0.2) is 55.0 Å². The van der Waals surface area contributed by atoms with Crippen LogP contribution in [0.4, 0.5) is 4.79 Å². The van der Waals surface area contributed by atoms with Crippen molar-refractivity contribution in [1.82, 2.24) is 10.6 Å². The third kappa shape index (κ3) is 5.17. The zero-order chi connectivity index (χ0) is 25.0. The first-order valence-corrected chi connectivity index (χ1v) is 12.1. The molecule has 0 radical (unpaired) electrons. The Morgan fingerprint density at radius 1 is 1.11 bits per heavy atom. The lowest BCUT2D eigenvalue weighted by Gasteiger charge is -2.30. The van der Waals surface area contributed by atoms with Crippen molar-refractivity contribution in [2.24, 2.45) is 5.41 Å². The number of hydrogen-bond acceptors (Lipinski definition) is 5. The lowest BCUT2D eigenvalue weighted by atomic mass is 9.83. The molecule has 1 saturated heterocycles. The molecule has 186 valence electrons. The normalized spacial score (nSPS) is 21.6. The largest absolute Gasteiger partial charge is 0.481 e. The first-order chi connectivity index (χ1) is 16.8. The summed E-state index contributed by atoms with van der Waals surface area (Å²) in [6.07, 6.45) is 0.532. The van der Waals surface area contributed by atoms with Crippen LogP contribution in [0.25, 0.3) is 11.1 Å². The Kier molecular flexibility index (Phi) is 7.40. The molecule has 2 unspecified atom stereocenters. The van der Waals surface area contributed by atoms with E-state index in [2.05, 4.69) is 34.9 Å². The zero-order valence-electron chi connectivity index (χ0n) is 20.1. The van der Waals surface area contributed by atoms with Crippen molar-refractivity contribution in [2.45, 2.75) is 51.1 Å². The van der Waals surface area contributed by atoms with E-state index < -0.39 is 29.6 Å². The average Bonchev–Trinajstić information content (AvgIpc) is 3.36. The van der Waals surface area contributed by atoms with Crippen LogP contribution in [0.1, 0.15) is 50.2 Å². The van der Waals surface area contributed by atoms with Gasteiger partial charge >= 0.3 is 12.1 Å². The van der Waals surface area contributed by atoms with Gasteiger partial charge in [-0.15, -0.1) is 0 Å². The number of alkyl carbamates (subject to hydrolysis) is 1. The number of carboxylic acids is 1. The van der Waals surface area contributed by atoms with Crippen LogP contribution in [0.5, 0.6) is 0 Å². The third-order valence-corrected chi connectivity index (χ3v) is 7.00. The Hall–Kier alpha value is -3.39. The van der Waals surface area contributed by atoms with Crippen LogP contribution in [0.2, 0.25) is 0 Å². The van der Waals surface area contributed by atoms with E-state index in [9.17, 15) is 14.4 Å². The summed E-state index contributed by atoms with van der Waals surface area (Å²) in [5, 5.41) is 14.8. The van der Waals surface area contributed by atoms with Gasteiger partial charge in [-0.2, -0.15) is 0 Å². The Labute approximate surface area is 205 Å². The minimum absolute atomic E-state index is 0.0616. The van der Waals surface area contributed by atoms with Crippen molar-refractivity contribution in [2.75, 3.05) is 19.8 Å². The van der Waals surface area contributed by atoms with Crippen LogP contribution in [0.15, 0.2) is 48.5 Å². The van der Waals surface area contributed by atoms with Gasteiger partial charge in [0.1, 0.15) is 6.61 Å². The molecule has 0 spiro atoms. The monoisotopic (exact) mass is 480 g/mol. The third-order valence-electron chi connectivity index (χ3n) is 7.00. The number of fused-ring (bicyclic) bond motifs is 3. The van der Waals surface area contributed by atoms with E-state index in [-0.39, 0.29) is 38.1 Å². The van der Waals surface area contributed by atoms with Crippen molar-refractivity contribution in [3.8, 4) is 11.1 Å². The highest BCUT2D eigenvalue weighted by Crippen LogP contribution is 2.44. The number of amides is 2. The summed E-state index contributed by atoms with van der Waals surface area (Å²) < 4.78 is 11.2. The first-order valence-electron chi connectivity index (χ1n) is 12.1. The smallest absolute Gasteiger partial charge is 0.407 e. The van der Waals surface area contributed by atoms with Gasteiger partial charge in [0.25, 0.3) is 0 Å². The standard InChI is InChI=1S/C27H32N2O6/c1-3-8-17(13-24(30)31)28-25(32)27(2)16-34-15-23(27)29-26(33)35-14-22-20-11-6-4-9-18(20)19-10-5-7-12-21(19)22/h4-7,9-12,17,22-23H,3,8,13-16H2,1-2H3,(H,28,32)(H,29,33)(H,30,31)/t17-,23?,27?/m1/s1. The van der Waals surface area contributed by atoms with Crippen molar-refractivity contribution in [1.29, 1.82) is 0 Å². The van der Waals surface area contributed by atoms with Crippen molar-refractivity contribution in [3.05, 3.63) is 59.7 Å². The number of nitrogens with one attached hydrogen (secondary N) is 2.